The number of esters is 1. The molecule has 7 heteroatoms. The summed E-state index contributed by atoms with van der Waals surface area (Å²) in [6.07, 6.45) is 0.258. The van der Waals surface area contributed by atoms with Crippen molar-refractivity contribution in [1.82, 2.24) is 4.90 Å². The number of carbonyl (C=O) groups is 2. The van der Waals surface area contributed by atoms with E-state index in [0.717, 1.165) is 5.56 Å². The second kappa shape index (κ2) is 9.07. The highest BCUT2D eigenvalue weighted by Crippen LogP contribution is 2.31. The largest absolute Gasteiger partial charge is 0.504 e. The Hall–Kier alpha value is -3.22. The number of phenols is 1. The fourth-order valence-corrected chi connectivity index (χ4v) is 3.00. The van der Waals surface area contributed by atoms with Crippen LogP contribution in [-0.2, 0) is 22.5 Å². The lowest BCUT2D eigenvalue weighted by Crippen LogP contribution is -2.56. The molecular weight excluding hydrogens is 384 g/mol. The molecule has 0 aliphatic rings. The SMILES string of the molecule is COc1cc(CN(C(N)=O)[C@](C)(Cc2ccccc2)OC(=O)C(C)(C)C)ccc1O. The Bertz CT molecular complexity index is 892. The average molecular weight is 415 g/mol. The maximum atomic E-state index is 12.7. The van der Waals surface area contributed by atoms with Gasteiger partial charge >= 0.3 is 12.0 Å². The second-order valence-corrected chi connectivity index (χ2v) is 8.41. The fourth-order valence-electron chi connectivity index (χ4n) is 3.00. The van der Waals surface area contributed by atoms with Gasteiger partial charge < -0.3 is 20.3 Å². The second-order valence-electron chi connectivity index (χ2n) is 8.41. The number of urea groups is 1. The molecule has 162 valence electrons. The van der Waals surface area contributed by atoms with Crippen LogP contribution in [0.4, 0.5) is 4.79 Å². The molecule has 0 spiro atoms. The van der Waals surface area contributed by atoms with E-state index in [1.807, 2.05) is 30.3 Å². The molecule has 0 fully saturated rings. The topological polar surface area (TPSA) is 102 Å². The number of phenolic OH excluding ortho intramolecular Hbond substituents is 1. The van der Waals surface area contributed by atoms with Gasteiger partial charge in [0, 0.05) is 6.42 Å². The highest BCUT2D eigenvalue weighted by molar-refractivity contribution is 5.77. The molecule has 0 unspecified atom stereocenters. The van der Waals surface area contributed by atoms with Crippen LogP contribution in [0.3, 0.4) is 0 Å². The summed E-state index contributed by atoms with van der Waals surface area (Å²) < 4.78 is 11.0. The van der Waals surface area contributed by atoms with Crippen LogP contribution < -0.4 is 10.5 Å². The normalized spacial score (nSPS) is 13.2. The molecule has 2 aromatic rings. The Kier molecular flexibility index (Phi) is 6.97. The van der Waals surface area contributed by atoms with Crippen molar-refractivity contribution >= 4 is 12.0 Å². The summed E-state index contributed by atoms with van der Waals surface area (Å²) in [7, 11) is 1.44. The van der Waals surface area contributed by atoms with Crippen LogP contribution in [0.5, 0.6) is 11.5 Å². The predicted octanol–water partition coefficient (Wildman–Crippen LogP) is 3.83. The molecule has 3 N–H and O–H groups in total. The molecule has 0 aliphatic carbocycles. The number of nitrogens with two attached hydrogens (primary N) is 1. The Morgan fingerprint density at radius 3 is 2.20 bits per heavy atom. The van der Waals surface area contributed by atoms with Gasteiger partial charge in [0.1, 0.15) is 0 Å². The number of rotatable bonds is 7. The molecule has 0 heterocycles. The third kappa shape index (κ3) is 5.65. The van der Waals surface area contributed by atoms with Gasteiger partial charge in [0.05, 0.1) is 19.1 Å². The quantitative estimate of drug-likeness (QED) is 0.530. The molecule has 30 heavy (non-hydrogen) atoms. The Morgan fingerprint density at radius 1 is 1.03 bits per heavy atom. The lowest BCUT2D eigenvalue weighted by Gasteiger charge is -2.41. The zero-order valence-electron chi connectivity index (χ0n) is 18.1. The molecule has 0 radical (unpaired) electrons. The molecule has 0 saturated carbocycles. The fraction of sp³-hybridized carbons (Fsp3) is 0.391. The number of benzene rings is 2. The van der Waals surface area contributed by atoms with E-state index in [4.69, 9.17) is 15.2 Å². The van der Waals surface area contributed by atoms with Gasteiger partial charge in [0.2, 0.25) is 0 Å². The first kappa shape index (κ1) is 23.1. The standard InChI is InChI=1S/C23H30N2O5/c1-22(2,3)20(27)30-23(4,14-16-9-7-6-8-10-16)25(21(24)28)15-17-11-12-18(26)19(13-17)29-5/h6-13,26H,14-15H2,1-5H3,(H2,24,28)/t23-/m0/s1. The van der Waals surface area contributed by atoms with E-state index in [2.05, 4.69) is 0 Å². The molecular formula is C23H30N2O5. The molecule has 0 saturated heterocycles. The minimum absolute atomic E-state index is 0.0157. The van der Waals surface area contributed by atoms with Crippen molar-refractivity contribution in [3.05, 3.63) is 59.7 Å². The molecule has 7 nitrogen and oxygen atoms in total. The Balaban J connectivity index is 2.45. The monoisotopic (exact) mass is 414 g/mol. The summed E-state index contributed by atoms with van der Waals surface area (Å²) in [5.41, 5.74) is 5.18. The molecule has 2 amide bonds. The summed E-state index contributed by atoms with van der Waals surface area (Å²) in [5, 5.41) is 9.84. The van der Waals surface area contributed by atoms with Gasteiger partial charge in [-0.15, -0.1) is 0 Å². The lowest BCUT2D eigenvalue weighted by atomic mass is 9.96. The van der Waals surface area contributed by atoms with E-state index in [1.54, 1.807) is 39.8 Å². The number of carbonyl (C=O) groups excluding carboxylic acids is 2. The van der Waals surface area contributed by atoms with Gasteiger partial charge in [0.25, 0.3) is 0 Å². The molecule has 0 aliphatic heterocycles. The molecule has 1 atom stereocenters. The summed E-state index contributed by atoms with van der Waals surface area (Å²) in [4.78, 5) is 26.5. The summed E-state index contributed by atoms with van der Waals surface area (Å²) in [5.74, 6) is -0.193. The highest BCUT2D eigenvalue weighted by Gasteiger charge is 2.41. The van der Waals surface area contributed by atoms with Gasteiger partial charge in [-0.2, -0.15) is 0 Å². The van der Waals surface area contributed by atoms with Crippen LogP contribution in [0.25, 0.3) is 0 Å². The van der Waals surface area contributed by atoms with Crippen molar-refractivity contribution in [3.63, 3.8) is 0 Å². The predicted molar refractivity (Wildman–Crippen MR) is 114 cm³/mol. The van der Waals surface area contributed by atoms with Crippen molar-refractivity contribution in [2.24, 2.45) is 11.1 Å². The third-order valence-corrected chi connectivity index (χ3v) is 4.72. The van der Waals surface area contributed by atoms with Crippen LogP contribution in [0, 0.1) is 5.41 Å². The van der Waals surface area contributed by atoms with E-state index >= 15 is 0 Å². The molecule has 0 aromatic heterocycles. The van der Waals surface area contributed by atoms with Gasteiger partial charge in [-0.3, -0.25) is 9.69 Å². The van der Waals surface area contributed by atoms with Crippen molar-refractivity contribution in [3.8, 4) is 11.5 Å². The number of ether oxygens (including phenoxy) is 2. The molecule has 2 aromatic carbocycles. The Morgan fingerprint density at radius 2 is 1.67 bits per heavy atom. The third-order valence-electron chi connectivity index (χ3n) is 4.72. The van der Waals surface area contributed by atoms with Crippen LogP contribution in [0.1, 0.15) is 38.8 Å². The first-order valence-corrected chi connectivity index (χ1v) is 9.66. The average Bonchev–Trinajstić information content (AvgIpc) is 2.66. The highest BCUT2D eigenvalue weighted by atomic mass is 16.6. The van der Waals surface area contributed by atoms with E-state index in [-0.39, 0.29) is 24.5 Å². The zero-order valence-corrected chi connectivity index (χ0v) is 18.1. The lowest BCUT2D eigenvalue weighted by molar-refractivity contribution is -0.184. The molecule has 2 rings (SSSR count). The number of primary amides is 1. The van der Waals surface area contributed by atoms with Gasteiger partial charge in [-0.05, 0) is 51.0 Å². The van der Waals surface area contributed by atoms with Crippen molar-refractivity contribution in [1.29, 1.82) is 0 Å². The van der Waals surface area contributed by atoms with E-state index in [0.29, 0.717) is 5.56 Å². The first-order chi connectivity index (χ1) is 14.0. The number of amides is 2. The van der Waals surface area contributed by atoms with Crippen molar-refractivity contribution < 1.29 is 24.2 Å². The number of hydrogen-bond acceptors (Lipinski definition) is 5. The van der Waals surface area contributed by atoms with Crippen molar-refractivity contribution in [2.45, 2.75) is 46.4 Å². The minimum Gasteiger partial charge on any atom is -0.504 e. The van der Waals surface area contributed by atoms with Crippen LogP contribution in [0.2, 0.25) is 0 Å². The Labute approximate surface area is 177 Å². The maximum absolute atomic E-state index is 12.7. The number of aromatic hydroxyl groups is 1. The van der Waals surface area contributed by atoms with Crippen molar-refractivity contribution in [2.75, 3.05) is 7.11 Å². The summed E-state index contributed by atoms with van der Waals surface area (Å²) in [6.45, 7) is 6.98. The van der Waals surface area contributed by atoms with E-state index < -0.39 is 23.1 Å². The van der Waals surface area contributed by atoms with E-state index in [1.165, 1.54) is 18.1 Å². The summed E-state index contributed by atoms with van der Waals surface area (Å²) in [6, 6.07) is 13.4. The van der Waals surface area contributed by atoms with Gasteiger partial charge in [0.15, 0.2) is 17.2 Å². The zero-order chi connectivity index (χ0) is 22.5. The number of hydrogen-bond donors (Lipinski definition) is 2. The number of methoxy groups -OCH3 is 1. The number of nitrogens with zero attached hydrogens (tertiary/aromatic N) is 1. The van der Waals surface area contributed by atoms with Gasteiger partial charge in [-0.25, -0.2) is 4.79 Å². The maximum Gasteiger partial charge on any atom is 0.318 e. The van der Waals surface area contributed by atoms with Gasteiger partial charge in [-0.1, -0.05) is 36.4 Å². The van der Waals surface area contributed by atoms with E-state index in [9.17, 15) is 14.7 Å². The minimum atomic E-state index is -1.33. The first-order valence-electron chi connectivity index (χ1n) is 9.66. The van der Waals surface area contributed by atoms with Crippen LogP contribution >= 0.6 is 0 Å². The van der Waals surface area contributed by atoms with Crippen LogP contribution in [-0.4, -0.2) is 34.8 Å². The van der Waals surface area contributed by atoms with Crippen LogP contribution in [0.15, 0.2) is 48.5 Å². The smallest absolute Gasteiger partial charge is 0.318 e. The summed E-state index contributed by atoms with van der Waals surface area (Å²) >= 11 is 0. The molecule has 0 bridgehead atoms.